The van der Waals surface area contributed by atoms with Crippen molar-refractivity contribution < 1.29 is 4.42 Å². The number of hydrogen-bond donors (Lipinski definition) is 0. The van der Waals surface area contributed by atoms with Gasteiger partial charge in [-0.2, -0.15) is 0 Å². The van der Waals surface area contributed by atoms with Gasteiger partial charge in [-0.05, 0) is 0 Å². The van der Waals surface area contributed by atoms with Gasteiger partial charge < -0.3 is 4.42 Å². The van der Waals surface area contributed by atoms with E-state index in [1.807, 2.05) is 0 Å². The Morgan fingerprint density at radius 3 is 3.44 bits per heavy atom. The highest BCUT2D eigenvalue weighted by Crippen LogP contribution is 2.06. The van der Waals surface area contributed by atoms with Crippen LogP contribution in [0.5, 0.6) is 0 Å². The van der Waals surface area contributed by atoms with E-state index in [0.717, 1.165) is 11.1 Å². The molecule has 0 unspecified atom stereocenters. The monoisotopic (exact) mass is 119 g/mol. The summed E-state index contributed by atoms with van der Waals surface area (Å²) in [5, 5.41) is 0. The molecular weight excluding hydrogens is 116 g/mol. The van der Waals surface area contributed by atoms with Crippen LogP contribution in [0.25, 0.3) is 11.1 Å². The number of aromatic nitrogens is 2. The van der Waals surface area contributed by atoms with Gasteiger partial charge in [-0.25, -0.2) is 4.98 Å². The van der Waals surface area contributed by atoms with Crippen molar-refractivity contribution in [2.75, 3.05) is 0 Å². The zero-order valence-corrected chi connectivity index (χ0v) is 4.53. The van der Waals surface area contributed by atoms with E-state index >= 15 is 0 Å². The molecule has 0 amide bonds. The summed E-state index contributed by atoms with van der Waals surface area (Å²) < 4.78 is 4.84. The second-order valence-corrected chi connectivity index (χ2v) is 1.65. The molecule has 0 spiro atoms. The van der Waals surface area contributed by atoms with Crippen LogP contribution in [0, 0.1) is 6.39 Å². The van der Waals surface area contributed by atoms with Crippen LogP contribution in [0.4, 0.5) is 0 Å². The number of rotatable bonds is 0. The lowest BCUT2D eigenvalue weighted by Gasteiger charge is -1.78. The minimum Gasteiger partial charge on any atom is -0.432 e. The molecule has 43 valence electrons. The van der Waals surface area contributed by atoms with Crippen molar-refractivity contribution in [1.82, 2.24) is 9.97 Å². The van der Waals surface area contributed by atoms with Crippen molar-refractivity contribution in [2.24, 2.45) is 0 Å². The van der Waals surface area contributed by atoms with Gasteiger partial charge in [0.25, 0.3) is 6.39 Å². The average molecular weight is 119 g/mol. The summed E-state index contributed by atoms with van der Waals surface area (Å²) >= 11 is 0. The Labute approximate surface area is 51.3 Å². The fraction of sp³-hybridized carbons (Fsp3) is 0. The molecule has 1 radical (unpaired) electrons. The molecule has 0 aliphatic carbocycles. The van der Waals surface area contributed by atoms with Gasteiger partial charge in [0, 0.05) is 12.3 Å². The molecule has 0 bridgehead atoms. The van der Waals surface area contributed by atoms with Crippen molar-refractivity contribution in [1.29, 1.82) is 0 Å². The van der Waals surface area contributed by atoms with Gasteiger partial charge in [0.15, 0.2) is 5.58 Å². The van der Waals surface area contributed by atoms with E-state index in [9.17, 15) is 0 Å². The summed E-state index contributed by atoms with van der Waals surface area (Å²) in [5.41, 5.74) is 1.47. The number of nitrogens with zero attached hydrogens (tertiary/aromatic N) is 2. The van der Waals surface area contributed by atoms with Gasteiger partial charge in [-0.3, -0.25) is 4.98 Å². The minimum atomic E-state index is 0.727. The van der Waals surface area contributed by atoms with E-state index in [-0.39, 0.29) is 0 Å². The molecule has 0 fully saturated rings. The van der Waals surface area contributed by atoms with E-state index in [1.54, 1.807) is 18.5 Å². The molecule has 0 aromatic carbocycles. The Kier molecular flexibility index (Phi) is 0.773. The first kappa shape index (κ1) is 4.49. The third kappa shape index (κ3) is 0.579. The summed E-state index contributed by atoms with van der Waals surface area (Å²) in [7, 11) is 0. The maximum Gasteiger partial charge on any atom is 0.284 e. The Hall–Kier alpha value is -1.38. The molecule has 2 aromatic heterocycles. The first-order valence-corrected chi connectivity index (χ1v) is 2.53. The highest BCUT2D eigenvalue weighted by atomic mass is 16.3. The number of fused-ring (bicyclic) bond motifs is 1. The van der Waals surface area contributed by atoms with E-state index in [1.165, 1.54) is 0 Å². The minimum absolute atomic E-state index is 0.727. The van der Waals surface area contributed by atoms with Crippen molar-refractivity contribution in [3.63, 3.8) is 0 Å². The third-order valence-corrected chi connectivity index (χ3v) is 1.08. The van der Waals surface area contributed by atoms with Crippen LogP contribution in [0.1, 0.15) is 0 Å². The normalized spacial score (nSPS) is 10.2. The largest absolute Gasteiger partial charge is 0.432 e. The maximum atomic E-state index is 4.84. The summed E-state index contributed by atoms with van der Waals surface area (Å²) in [6, 6.07) is 1.75. The fourth-order valence-electron chi connectivity index (χ4n) is 0.665. The lowest BCUT2D eigenvalue weighted by molar-refractivity contribution is 0.591. The van der Waals surface area contributed by atoms with Crippen LogP contribution in [0.3, 0.4) is 0 Å². The van der Waals surface area contributed by atoms with Crippen LogP contribution in [0.2, 0.25) is 0 Å². The lowest BCUT2D eigenvalue weighted by atomic mass is 10.4. The Bertz CT molecular complexity index is 285. The van der Waals surface area contributed by atoms with Crippen molar-refractivity contribution >= 4 is 11.1 Å². The summed E-state index contributed by atoms with van der Waals surface area (Å²) in [6.07, 6.45) is 5.66. The van der Waals surface area contributed by atoms with Gasteiger partial charge >= 0.3 is 0 Å². The molecule has 0 atom stereocenters. The molecule has 0 N–H and O–H groups in total. The van der Waals surface area contributed by atoms with Gasteiger partial charge in [0.1, 0.15) is 5.52 Å². The van der Waals surface area contributed by atoms with Crippen LogP contribution < -0.4 is 0 Å². The highest BCUT2D eigenvalue weighted by Gasteiger charge is 1.93. The summed E-state index contributed by atoms with van der Waals surface area (Å²) in [5.74, 6) is 0. The maximum absolute atomic E-state index is 4.84. The average Bonchev–Trinajstić information content (AvgIpc) is 2.33. The van der Waals surface area contributed by atoms with Gasteiger partial charge in [-0.15, -0.1) is 0 Å². The van der Waals surface area contributed by atoms with Crippen LogP contribution in [-0.2, 0) is 0 Å². The van der Waals surface area contributed by atoms with Crippen LogP contribution >= 0.6 is 0 Å². The molecule has 0 saturated heterocycles. The Balaban J connectivity index is 2.95. The zero-order chi connectivity index (χ0) is 6.10. The predicted octanol–water partition coefficient (Wildman–Crippen LogP) is 1.02. The lowest BCUT2D eigenvalue weighted by Crippen LogP contribution is -1.68. The predicted molar refractivity (Wildman–Crippen MR) is 30.6 cm³/mol. The standard InChI is InChI=1S/C6H3N2O/c1-2-7-3-5-6(1)9-4-8-5/h1-3H. The summed E-state index contributed by atoms with van der Waals surface area (Å²) in [6.45, 7) is 0. The zero-order valence-electron chi connectivity index (χ0n) is 4.53. The first-order valence-electron chi connectivity index (χ1n) is 2.53. The molecular formula is C6H3N2O. The van der Waals surface area contributed by atoms with Crippen LogP contribution in [-0.4, -0.2) is 9.97 Å². The van der Waals surface area contributed by atoms with E-state index < -0.39 is 0 Å². The summed E-state index contributed by atoms with van der Waals surface area (Å²) in [4.78, 5) is 7.61. The fourth-order valence-corrected chi connectivity index (χ4v) is 0.665. The third-order valence-electron chi connectivity index (χ3n) is 1.08. The molecule has 0 saturated carbocycles. The van der Waals surface area contributed by atoms with E-state index in [0.29, 0.717) is 0 Å². The molecule has 9 heavy (non-hydrogen) atoms. The number of hydrogen-bond acceptors (Lipinski definition) is 3. The van der Waals surface area contributed by atoms with Gasteiger partial charge in [0.2, 0.25) is 0 Å². The van der Waals surface area contributed by atoms with Gasteiger partial charge in [0.05, 0.1) is 6.20 Å². The van der Waals surface area contributed by atoms with E-state index in [2.05, 4.69) is 16.4 Å². The van der Waals surface area contributed by atoms with Crippen molar-refractivity contribution in [2.45, 2.75) is 0 Å². The van der Waals surface area contributed by atoms with Crippen molar-refractivity contribution in [3.8, 4) is 0 Å². The van der Waals surface area contributed by atoms with E-state index in [4.69, 9.17) is 4.42 Å². The molecule has 2 heterocycles. The molecule has 3 heteroatoms. The second kappa shape index (κ2) is 1.55. The molecule has 3 nitrogen and oxygen atoms in total. The molecule has 2 aromatic rings. The van der Waals surface area contributed by atoms with Crippen LogP contribution in [0.15, 0.2) is 22.9 Å². The number of oxazole rings is 1. The quantitative estimate of drug-likeness (QED) is 0.519. The number of pyridine rings is 1. The SMILES string of the molecule is [c]1nc2cnccc2o1. The smallest absolute Gasteiger partial charge is 0.284 e. The molecule has 2 rings (SSSR count). The Morgan fingerprint density at radius 2 is 2.56 bits per heavy atom. The second-order valence-electron chi connectivity index (χ2n) is 1.65. The van der Waals surface area contributed by atoms with Crippen molar-refractivity contribution in [3.05, 3.63) is 24.9 Å². The Morgan fingerprint density at radius 1 is 1.56 bits per heavy atom. The highest BCUT2D eigenvalue weighted by molar-refractivity contribution is 5.69. The van der Waals surface area contributed by atoms with Gasteiger partial charge in [-0.1, -0.05) is 0 Å². The molecule has 0 aliphatic heterocycles. The first-order chi connectivity index (χ1) is 4.47. The molecule has 0 aliphatic rings. The topological polar surface area (TPSA) is 38.9 Å².